The molecular weight excluding hydrogens is 416 g/mol. The zero-order valence-corrected chi connectivity index (χ0v) is 21.7. The largest absolute Gasteiger partial charge is 0.371 e. The van der Waals surface area contributed by atoms with E-state index in [4.69, 9.17) is 4.98 Å². The van der Waals surface area contributed by atoms with Gasteiger partial charge in [-0.3, -0.25) is 4.98 Å². The summed E-state index contributed by atoms with van der Waals surface area (Å²) in [4.78, 5) is 7.45. The molecule has 176 valence electrons. The van der Waals surface area contributed by atoms with Crippen LogP contribution >= 0.6 is 0 Å². The molecule has 2 aliphatic heterocycles. The fourth-order valence-corrected chi connectivity index (χ4v) is 5.13. The van der Waals surface area contributed by atoms with Gasteiger partial charge in [0.1, 0.15) is 0 Å². The number of pyridine rings is 1. The molecule has 3 heterocycles. The molecule has 0 fully saturated rings. The third kappa shape index (κ3) is 4.35. The molecule has 0 spiro atoms. The molecule has 2 aromatic rings. The number of aromatic nitrogens is 1. The van der Waals surface area contributed by atoms with Gasteiger partial charge in [0, 0.05) is 29.9 Å². The second-order valence-corrected chi connectivity index (χ2v) is 12.2. The Bertz CT molecular complexity index is 1170. The summed E-state index contributed by atoms with van der Waals surface area (Å²) in [7, 11) is 0. The third-order valence-corrected chi connectivity index (χ3v) is 7.59. The van der Waals surface area contributed by atoms with E-state index in [1.54, 1.807) is 0 Å². The minimum absolute atomic E-state index is 0.141. The van der Waals surface area contributed by atoms with Crippen LogP contribution in [0.15, 0.2) is 24.3 Å². The maximum Gasteiger partial charge on any atom is 0.158 e. The summed E-state index contributed by atoms with van der Waals surface area (Å²) in [6, 6.07) is 12.7. The average molecular weight is 453 g/mol. The molecule has 4 heteroatoms. The Morgan fingerprint density at radius 2 is 1.47 bits per heavy atom. The van der Waals surface area contributed by atoms with Crippen LogP contribution in [0.2, 0.25) is 0 Å². The SMILES string of the molecule is CC(C)(C)c1cc(C(C#N)C#N)cc(C=Cc2cc3c4c(c2)C(C)(C)CCN4CCC3(C)C)n1. The van der Waals surface area contributed by atoms with Gasteiger partial charge in [0.25, 0.3) is 0 Å². The maximum absolute atomic E-state index is 9.45. The lowest BCUT2D eigenvalue weighted by molar-refractivity contribution is 0.401. The first-order chi connectivity index (χ1) is 15.9. The lowest BCUT2D eigenvalue weighted by Crippen LogP contribution is -2.44. The summed E-state index contributed by atoms with van der Waals surface area (Å²) >= 11 is 0. The van der Waals surface area contributed by atoms with Crippen LogP contribution in [0.5, 0.6) is 0 Å². The highest BCUT2D eigenvalue weighted by Crippen LogP contribution is 2.49. The fraction of sp³-hybridized carbons (Fsp3) is 0.500. The van der Waals surface area contributed by atoms with Crippen molar-refractivity contribution in [2.45, 2.75) is 83.5 Å². The highest BCUT2D eigenvalue weighted by molar-refractivity contribution is 5.75. The van der Waals surface area contributed by atoms with Gasteiger partial charge in [-0.05, 0) is 76.3 Å². The standard InChI is InChI=1S/C30H36N4/c1-28(2,3)26-17-21(22(18-31)19-32)16-23(33-26)9-8-20-14-24-27-25(15-20)30(6,7)11-13-34(27)12-10-29(24,4)5/h8-9,14-17,22H,10-13H2,1-7H3. The smallest absolute Gasteiger partial charge is 0.158 e. The van der Waals surface area contributed by atoms with Gasteiger partial charge < -0.3 is 4.90 Å². The monoisotopic (exact) mass is 452 g/mol. The van der Waals surface area contributed by atoms with Crippen LogP contribution in [0.1, 0.15) is 101 Å². The van der Waals surface area contributed by atoms with Crippen molar-refractivity contribution in [2.24, 2.45) is 0 Å². The quantitative estimate of drug-likeness (QED) is 0.511. The summed E-state index contributed by atoms with van der Waals surface area (Å²) in [5.41, 5.74) is 7.99. The molecule has 0 radical (unpaired) electrons. The number of hydrogen-bond acceptors (Lipinski definition) is 4. The van der Waals surface area contributed by atoms with Crippen molar-refractivity contribution in [1.29, 1.82) is 10.5 Å². The maximum atomic E-state index is 9.45. The summed E-state index contributed by atoms with van der Waals surface area (Å²) in [6.45, 7) is 18.0. The lowest BCUT2D eigenvalue weighted by atomic mass is 9.69. The highest BCUT2D eigenvalue weighted by Gasteiger charge is 2.39. The molecule has 0 atom stereocenters. The zero-order valence-electron chi connectivity index (χ0n) is 21.7. The molecule has 4 nitrogen and oxygen atoms in total. The average Bonchev–Trinajstić information content (AvgIpc) is 2.76. The van der Waals surface area contributed by atoms with E-state index in [0.29, 0.717) is 5.56 Å². The molecule has 0 N–H and O–H groups in total. The first kappa shape index (κ1) is 24.0. The predicted molar refractivity (Wildman–Crippen MR) is 140 cm³/mol. The van der Waals surface area contributed by atoms with Crippen molar-refractivity contribution < 1.29 is 0 Å². The van der Waals surface area contributed by atoms with E-state index < -0.39 is 5.92 Å². The Labute approximate surface area is 204 Å². The van der Waals surface area contributed by atoms with Gasteiger partial charge >= 0.3 is 0 Å². The van der Waals surface area contributed by atoms with Crippen LogP contribution in [0.25, 0.3) is 12.2 Å². The first-order valence-corrected chi connectivity index (χ1v) is 12.3. The number of rotatable bonds is 3. The molecule has 0 saturated heterocycles. The fourth-order valence-electron chi connectivity index (χ4n) is 5.13. The lowest BCUT2D eigenvalue weighted by Gasteiger charge is -2.48. The summed E-state index contributed by atoms with van der Waals surface area (Å²) < 4.78 is 0. The number of nitriles is 2. The molecule has 0 amide bonds. The van der Waals surface area contributed by atoms with E-state index in [1.165, 1.54) is 22.4 Å². The summed E-state index contributed by atoms with van der Waals surface area (Å²) in [5, 5.41) is 18.9. The Balaban J connectivity index is 1.82. The van der Waals surface area contributed by atoms with Gasteiger partial charge in [-0.1, -0.05) is 54.5 Å². The van der Waals surface area contributed by atoms with Crippen molar-refractivity contribution in [1.82, 2.24) is 4.98 Å². The van der Waals surface area contributed by atoms with Crippen LogP contribution in [0.3, 0.4) is 0 Å². The topological polar surface area (TPSA) is 63.7 Å². The van der Waals surface area contributed by atoms with Crippen LogP contribution in [0.4, 0.5) is 5.69 Å². The molecule has 0 aliphatic carbocycles. The van der Waals surface area contributed by atoms with Crippen LogP contribution in [-0.4, -0.2) is 18.1 Å². The van der Waals surface area contributed by atoms with E-state index in [2.05, 4.69) is 83.7 Å². The van der Waals surface area contributed by atoms with Crippen LogP contribution in [-0.2, 0) is 16.2 Å². The van der Waals surface area contributed by atoms with E-state index in [0.717, 1.165) is 37.3 Å². The van der Waals surface area contributed by atoms with Crippen molar-refractivity contribution >= 4 is 17.8 Å². The molecule has 0 saturated carbocycles. The number of benzene rings is 1. The molecule has 1 aromatic carbocycles. The highest BCUT2D eigenvalue weighted by atomic mass is 15.2. The zero-order chi connectivity index (χ0) is 24.9. The molecular formula is C30H36N4. The van der Waals surface area contributed by atoms with Gasteiger partial charge in [0.05, 0.1) is 17.8 Å². The summed E-state index contributed by atoms with van der Waals surface area (Å²) in [6.07, 6.45) is 6.50. The van der Waals surface area contributed by atoms with Gasteiger partial charge in [0.2, 0.25) is 0 Å². The molecule has 2 aliphatic rings. The van der Waals surface area contributed by atoms with Crippen molar-refractivity contribution in [3.05, 3.63) is 57.9 Å². The Hall–Kier alpha value is -3.11. The molecule has 0 unspecified atom stereocenters. The number of anilines is 1. The molecule has 34 heavy (non-hydrogen) atoms. The van der Waals surface area contributed by atoms with Crippen molar-refractivity contribution in [3.8, 4) is 12.1 Å². The molecule has 1 aromatic heterocycles. The Kier molecular flexibility index (Phi) is 5.85. The minimum Gasteiger partial charge on any atom is -0.371 e. The van der Waals surface area contributed by atoms with Gasteiger partial charge in [-0.25, -0.2) is 0 Å². The number of nitrogens with zero attached hydrogens (tertiary/aromatic N) is 4. The van der Waals surface area contributed by atoms with E-state index >= 15 is 0 Å². The van der Waals surface area contributed by atoms with E-state index in [1.807, 2.05) is 18.2 Å². The van der Waals surface area contributed by atoms with E-state index in [9.17, 15) is 10.5 Å². The van der Waals surface area contributed by atoms with Crippen LogP contribution in [0, 0.1) is 22.7 Å². The third-order valence-electron chi connectivity index (χ3n) is 7.59. The second kappa shape index (κ2) is 8.28. The van der Waals surface area contributed by atoms with Crippen molar-refractivity contribution in [3.63, 3.8) is 0 Å². The van der Waals surface area contributed by atoms with Gasteiger partial charge in [-0.15, -0.1) is 0 Å². The Morgan fingerprint density at radius 3 is 1.97 bits per heavy atom. The molecule has 4 rings (SSSR count). The molecule has 0 bridgehead atoms. The Morgan fingerprint density at radius 1 is 0.912 bits per heavy atom. The van der Waals surface area contributed by atoms with E-state index in [-0.39, 0.29) is 16.2 Å². The number of hydrogen-bond donors (Lipinski definition) is 0. The van der Waals surface area contributed by atoms with Crippen molar-refractivity contribution in [2.75, 3.05) is 18.0 Å². The summed E-state index contributed by atoms with van der Waals surface area (Å²) in [5.74, 6) is -0.794. The first-order valence-electron chi connectivity index (χ1n) is 12.3. The minimum atomic E-state index is -0.794. The van der Waals surface area contributed by atoms with Crippen LogP contribution < -0.4 is 4.90 Å². The predicted octanol–water partition coefficient (Wildman–Crippen LogP) is 6.85. The normalized spacial score (nSPS) is 18.5. The van der Waals surface area contributed by atoms with Gasteiger partial charge in [0.15, 0.2) is 5.92 Å². The van der Waals surface area contributed by atoms with Gasteiger partial charge in [-0.2, -0.15) is 10.5 Å². The second-order valence-electron chi connectivity index (χ2n) is 12.2.